The normalized spacial score (nSPS) is 18.0. The molecule has 0 atom stereocenters. The van der Waals surface area contributed by atoms with Gasteiger partial charge >= 0.3 is 0 Å². The van der Waals surface area contributed by atoms with E-state index in [1.807, 2.05) is 6.07 Å². The van der Waals surface area contributed by atoms with Crippen LogP contribution in [0.15, 0.2) is 24.4 Å². The molecule has 100 valence electrons. The highest BCUT2D eigenvalue weighted by Gasteiger charge is 2.40. The second-order valence-electron chi connectivity index (χ2n) is 5.53. The van der Waals surface area contributed by atoms with Gasteiger partial charge in [-0.15, -0.1) is 0 Å². The molecule has 0 spiro atoms. The number of hydrogen-bond donors (Lipinski definition) is 1. The van der Waals surface area contributed by atoms with Gasteiger partial charge in [0, 0.05) is 28.1 Å². The minimum Gasteiger partial charge on any atom is -0.360 e. The number of ketones is 1. The van der Waals surface area contributed by atoms with E-state index in [1.165, 1.54) is 6.07 Å². The summed E-state index contributed by atoms with van der Waals surface area (Å²) >= 11 is 0. The number of benzene rings is 1. The van der Waals surface area contributed by atoms with E-state index in [4.69, 9.17) is 0 Å². The van der Waals surface area contributed by atoms with Crippen LogP contribution < -0.4 is 0 Å². The molecule has 0 bridgehead atoms. The Bertz CT molecular complexity index is 623. The molecule has 2 aromatic rings. The number of hydrogen-bond acceptors (Lipinski definition) is 1. The van der Waals surface area contributed by atoms with Gasteiger partial charge in [0.15, 0.2) is 5.78 Å². The lowest BCUT2D eigenvalue weighted by molar-refractivity contribution is 0.0793. The molecule has 3 rings (SSSR count). The van der Waals surface area contributed by atoms with Gasteiger partial charge in [-0.3, -0.25) is 4.79 Å². The standard InChI is InChI=1S/C16H18FNO/c1-2-16(8-3-4-9-16)15(19)11-10-18-13-7-5-6-12(17)14(11)13/h5-7,10,18H,2-4,8-9H2,1H3. The predicted molar refractivity (Wildman–Crippen MR) is 73.8 cm³/mol. The fourth-order valence-corrected chi connectivity index (χ4v) is 3.40. The molecule has 0 aliphatic heterocycles. The number of halogens is 1. The first-order valence-corrected chi connectivity index (χ1v) is 6.98. The molecular formula is C16H18FNO. The molecule has 1 N–H and O–H groups in total. The maximum Gasteiger partial charge on any atom is 0.171 e. The third-order valence-corrected chi connectivity index (χ3v) is 4.62. The van der Waals surface area contributed by atoms with Crippen LogP contribution in [0, 0.1) is 11.2 Å². The molecule has 1 fully saturated rings. The monoisotopic (exact) mass is 259 g/mol. The zero-order chi connectivity index (χ0) is 13.5. The van der Waals surface area contributed by atoms with Crippen molar-refractivity contribution >= 4 is 16.7 Å². The van der Waals surface area contributed by atoms with E-state index in [0.29, 0.717) is 16.5 Å². The van der Waals surface area contributed by atoms with Gasteiger partial charge in [-0.05, 0) is 31.4 Å². The number of rotatable bonds is 3. The number of aromatic amines is 1. The quantitative estimate of drug-likeness (QED) is 0.811. The predicted octanol–water partition coefficient (Wildman–Crippen LogP) is 4.46. The van der Waals surface area contributed by atoms with E-state index in [1.54, 1.807) is 12.3 Å². The fraction of sp³-hybridized carbons (Fsp3) is 0.438. The summed E-state index contributed by atoms with van der Waals surface area (Å²) < 4.78 is 14.0. The molecule has 1 aliphatic carbocycles. The first kappa shape index (κ1) is 12.4. The molecule has 0 unspecified atom stereocenters. The molecule has 1 aliphatic rings. The van der Waals surface area contributed by atoms with E-state index < -0.39 is 0 Å². The van der Waals surface area contributed by atoms with Crippen molar-refractivity contribution in [2.24, 2.45) is 5.41 Å². The lowest BCUT2D eigenvalue weighted by Gasteiger charge is -2.25. The van der Waals surface area contributed by atoms with Crippen LogP contribution in [-0.4, -0.2) is 10.8 Å². The largest absolute Gasteiger partial charge is 0.360 e. The van der Waals surface area contributed by atoms with E-state index in [9.17, 15) is 9.18 Å². The van der Waals surface area contributed by atoms with Crippen molar-refractivity contribution in [1.29, 1.82) is 0 Å². The topological polar surface area (TPSA) is 32.9 Å². The Hall–Kier alpha value is -1.64. The first-order valence-electron chi connectivity index (χ1n) is 6.98. The second-order valence-corrected chi connectivity index (χ2v) is 5.53. The van der Waals surface area contributed by atoms with Gasteiger partial charge in [0.2, 0.25) is 0 Å². The number of carbonyl (C=O) groups excluding carboxylic acids is 1. The Balaban J connectivity index is 2.12. The summed E-state index contributed by atoms with van der Waals surface area (Å²) in [5, 5.41) is 0.451. The highest BCUT2D eigenvalue weighted by molar-refractivity contribution is 6.10. The average molecular weight is 259 g/mol. The summed E-state index contributed by atoms with van der Waals surface area (Å²) in [6.07, 6.45) is 6.58. The minimum absolute atomic E-state index is 0.115. The number of aromatic nitrogens is 1. The summed E-state index contributed by atoms with van der Waals surface area (Å²) in [6, 6.07) is 4.89. The SMILES string of the molecule is CCC1(C(=O)c2c[nH]c3cccc(F)c23)CCCC1. The van der Waals surface area contributed by atoms with Crippen LogP contribution >= 0.6 is 0 Å². The smallest absolute Gasteiger partial charge is 0.171 e. The highest BCUT2D eigenvalue weighted by atomic mass is 19.1. The van der Waals surface area contributed by atoms with Crippen molar-refractivity contribution in [3.8, 4) is 0 Å². The zero-order valence-electron chi connectivity index (χ0n) is 11.1. The maximum absolute atomic E-state index is 14.0. The van der Waals surface area contributed by atoms with Crippen molar-refractivity contribution in [2.75, 3.05) is 0 Å². The molecule has 1 aromatic heterocycles. The molecule has 0 saturated heterocycles. The zero-order valence-corrected chi connectivity index (χ0v) is 11.1. The first-order chi connectivity index (χ1) is 9.18. The lowest BCUT2D eigenvalue weighted by atomic mass is 9.76. The molecule has 1 aromatic carbocycles. The summed E-state index contributed by atoms with van der Waals surface area (Å²) in [5.41, 5.74) is 0.960. The molecule has 19 heavy (non-hydrogen) atoms. The number of carbonyl (C=O) groups is 1. The van der Waals surface area contributed by atoms with Gasteiger partial charge in [-0.25, -0.2) is 4.39 Å². The molecule has 1 saturated carbocycles. The number of H-pyrrole nitrogens is 1. The second kappa shape index (κ2) is 4.48. The Morgan fingerprint density at radius 1 is 1.37 bits per heavy atom. The molecule has 3 heteroatoms. The lowest BCUT2D eigenvalue weighted by Crippen LogP contribution is -2.27. The molecule has 1 heterocycles. The van der Waals surface area contributed by atoms with Crippen LogP contribution in [0.2, 0.25) is 0 Å². The van der Waals surface area contributed by atoms with Gasteiger partial charge < -0.3 is 4.98 Å². The van der Waals surface area contributed by atoms with Gasteiger partial charge in [-0.2, -0.15) is 0 Å². The summed E-state index contributed by atoms with van der Waals surface area (Å²) in [6.45, 7) is 2.06. The van der Waals surface area contributed by atoms with Crippen molar-refractivity contribution in [1.82, 2.24) is 4.98 Å². The number of Topliss-reactive ketones (excluding diaryl/α,β-unsaturated/α-hetero) is 1. The highest BCUT2D eigenvalue weighted by Crippen LogP contribution is 2.44. The van der Waals surface area contributed by atoms with E-state index >= 15 is 0 Å². The van der Waals surface area contributed by atoms with Gasteiger partial charge in [-0.1, -0.05) is 25.8 Å². The van der Waals surface area contributed by atoms with Gasteiger partial charge in [0.05, 0.1) is 0 Å². The van der Waals surface area contributed by atoms with Crippen molar-refractivity contribution in [2.45, 2.75) is 39.0 Å². The van der Waals surface area contributed by atoms with Crippen molar-refractivity contribution in [3.05, 3.63) is 35.8 Å². The third-order valence-electron chi connectivity index (χ3n) is 4.62. The van der Waals surface area contributed by atoms with Crippen LogP contribution in [0.1, 0.15) is 49.4 Å². The van der Waals surface area contributed by atoms with E-state index in [2.05, 4.69) is 11.9 Å². The van der Waals surface area contributed by atoms with Crippen molar-refractivity contribution in [3.63, 3.8) is 0 Å². The van der Waals surface area contributed by atoms with Crippen LogP contribution in [0.3, 0.4) is 0 Å². The van der Waals surface area contributed by atoms with Crippen molar-refractivity contribution < 1.29 is 9.18 Å². The summed E-state index contributed by atoms with van der Waals surface area (Å²) in [4.78, 5) is 15.9. The Labute approximate surface area is 112 Å². The Kier molecular flexibility index (Phi) is 2.92. The fourth-order valence-electron chi connectivity index (χ4n) is 3.40. The number of fused-ring (bicyclic) bond motifs is 1. The molecule has 2 nitrogen and oxygen atoms in total. The van der Waals surface area contributed by atoms with E-state index in [0.717, 1.165) is 32.1 Å². The van der Waals surface area contributed by atoms with E-state index in [-0.39, 0.29) is 17.0 Å². The summed E-state index contributed by atoms with van der Waals surface area (Å²) in [5.74, 6) is -0.199. The Morgan fingerprint density at radius 3 is 2.79 bits per heavy atom. The van der Waals surface area contributed by atoms with Crippen LogP contribution in [0.4, 0.5) is 4.39 Å². The maximum atomic E-state index is 14.0. The third kappa shape index (κ3) is 1.79. The molecular weight excluding hydrogens is 241 g/mol. The van der Waals surface area contributed by atoms with Gasteiger partial charge in [0.1, 0.15) is 5.82 Å². The number of nitrogens with one attached hydrogen (secondary N) is 1. The van der Waals surface area contributed by atoms with Crippen LogP contribution in [-0.2, 0) is 0 Å². The average Bonchev–Trinajstić information content (AvgIpc) is 3.06. The Morgan fingerprint density at radius 2 is 2.11 bits per heavy atom. The van der Waals surface area contributed by atoms with Crippen LogP contribution in [0.5, 0.6) is 0 Å². The van der Waals surface area contributed by atoms with Crippen LogP contribution in [0.25, 0.3) is 10.9 Å². The molecule has 0 amide bonds. The summed E-state index contributed by atoms with van der Waals surface area (Å²) in [7, 11) is 0. The molecule has 0 radical (unpaired) electrons. The van der Waals surface area contributed by atoms with Gasteiger partial charge in [0.25, 0.3) is 0 Å². The minimum atomic E-state index is -0.314.